The molecule has 152 valence electrons. The molecular weight excluding hydrogens is 384 g/mol. The molecule has 0 N–H and O–H groups in total. The first kappa shape index (κ1) is 21.1. The number of rotatable bonds is 6. The number of hydrogen-bond donors (Lipinski definition) is 0. The highest BCUT2D eigenvalue weighted by Gasteiger charge is 2.27. The number of carbonyl (C=O) groups is 1. The van der Waals surface area contributed by atoms with Crippen molar-refractivity contribution in [3.05, 3.63) is 76.3 Å². The summed E-state index contributed by atoms with van der Waals surface area (Å²) in [7, 11) is 1.66. The highest BCUT2D eigenvalue weighted by molar-refractivity contribution is 6.30. The Morgan fingerprint density at radius 2 is 1.72 bits per heavy atom. The Hall–Kier alpha value is -2.59. The van der Waals surface area contributed by atoms with E-state index in [1.165, 1.54) is 16.1 Å². The first-order valence-corrected chi connectivity index (χ1v) is 10.2. The maximum absolute atomic E-state index is 12.4. The molecule has 0 aliphatic carbocycles. The smallest absolute Gasteiger partial charge is 0.275 e. The van der Waals surface area contributed by atoms with Gasteiger partial charge >= 0.3 is 0 Å². The van der Waals surface area contributed by atoms with Gasteiger partial charge in [0.05, 0.1) is 5.57 Å². The normalized spacial score (nSPS) is 15.8. The van der Waals surface area contributed by atoms with Gasteiger partial charge in [-0.15, -0.1) is 0 Å². The Kier molecular flexibility index (Phi) is 6.43. The summed E-state index contributed by atoms with van der Waals surface area (Å²) in [6.07, 6.45) is 3.60. The summed E-state index contributed by atoms with van der Waals surface area (Å²) in [6, 6.07) is 15.8. The molecule has 1 amide bonds. The van der Waals surface area contributed by atoms with Crippen molar-refractivity contribution in [1.29, 1.82) is 0 Å². The summed E-state index contributed by atoms with van der Waals surface area (Å²) in [6.45, 7) is 6.87. The molecule has 0 radical (unpaired) electrons. The van der Waals surface area contributed by atoms with Crippen LogP contribution in [0.25, 0.3) is 0 Å². The predicted molar refractivity (Wildman–Crippen MR) is 119 cm³/mol. The summed E-state index contributed by atoms with van der Waals surface area (Å²) >= 11 is 5.90. The average Bonchev–Trinajstić information content (AvgIpc) is 2.95. The molecule has 0 saturated heterocycles. The van der Waals surface area contributed by atoms with Crippen molar-refractivity contribution >= 4 is 23.2 Å². The topological polar surface area (TPSA) is 41.9 Å². The number of amides is 1. The molecule has 3 rings (SSSR count). The molecule has 1 heterocycles. The number of ether oxygens (including phenoxy) is 1. The van der Waals surface area contributed by atoms with Gasteiger partial charge in [-0.05, 0) is 53.6 Å². The van der Waals surface area contributed by atoms with Crippen LogP contribution in [0, 0.1) is 0 Å². The molecule has 4 nitrogen and oxygen atoms in total. The lowest BCUT2D eigenvalue weighted by atomic mass is 9.86. The van der Waals surface area contributed by atoms with Crippen LogP contribution in [0.2, 0.25) is 5.02 Å². The van der Waals surface area contributed by atoms with Crippen LogP contribution < -0.4 is 4.74 Å². The number of hydrogen-bond acceptors (Lipinski definition) is 3. The second-order valence-corrected chi connectivity index (χ2v) is 8.66. The summed E-state index contributed by atoms with van der Waals surface area (Å²) in [4.78, 5) is 12.4. The van der Waals surface area contributed by atoms with Gasteiger partial charge in [0.25, 0.3) is 5.91 Å². The minimum absolute atomic E-state index is 0.0946. The van der Waals surface area contributed by atoms with Crippen molar-refractivity contribution in [2.75, 3.05) is 13.7 Å². The molecule has 0 unspecified atom stereocenters. The van der Waals surface area contributed by atoms with Gasteiger partial charge in [0.1, 0.15) is 18.1 Å². The maximum atomic E-state index is 12.4. The number of halogens is 1. The van der Waals surface area contributed by atoms with E-state index in [4.69, 9.17) is 16.3 Å². The SMILES string of the molecule is CN1N=C(COc2ccc(Cl)cc2)/C(=C\CCc2ccc(C(C)(C)C)cc2)C1=O. The van der Waals surface area contributed by atoms with Crippen LogP contribution in [0.1, 0.15) is 38.3 Å². The summed E-state index contributed by atoms with van der Waals surface area (Å²) in [5, 5.41) is 6.35. The zero-order valence-corrected chi connectivity index (χ0v) is 18.2. The lowest BCUT2D eigenvalue weighted by molar-refractivity contribution is -0.124. The summed E-state index contributed by atoms with van der Waals surface area (Å²) in [5.74, 6) is 0.597. The van der Waals surface area contributed by atoms with Gasteiger partial charge < -0.3 is 4.74 Å². The van der Waals surface area contributed by atoms with Gasteiger partial charge in [0, 0.05) is 12.1 Å². The molecule has 2 aromatic carbocycles. The highest BCUT2D eigenvalue weighted by atomic mass is 35.5. The predicted octanol–water partition coefficient (Wildman–Crippen LogP) is 5.40. The van der Waals surface area contributed by atoms with Crippen LogP contribution in [0.5, 0.6) is 5.75 Å². The number of likely N-dealkylation sites (N-methyl/N-ethyl adjacent to an activating group) is 1. The Morgan fingerprint density at radius 1 is 1.07 bits per heavy atom. The molecule has 2 aromatic rings. The fourth-order valence-corrected chi connectivity index (χ4v) is 3.25. The second kappa shape index (κ2) is 8.83. The van der Waals surface area contributed by atoms with Crippen molar-refractivity contribution in [3.8, 4) is 5.75 Å². The number of benzene rings is 2. The van der Waals surface area contributed by atoms with Crippen molar-refractivity contribution in [1.82, 2.24) is 5.01 Å². The molecule has 5 heteroatoms. The zero-order valence-electron chi connectivity index (χ0n) is 17.4. The van der Waals surface area contributed by atoms with Crippen LogP contribution in [0.4, 0.5) is 0 Å². The molecule has 1 aliphatic rings. The minimum Gasteiger partial charge on any atom is -0.487 e. The average molecular weight is 411 g/mol. The highest BCUT2D eigenvalue weighted by Crippen LogP contribution is 2.23. The molecule has 0 fully saturated rings. The van der Waals surface area contributed by atoms with Gasteiger partial charge in [-0.1, -0.05) is 62.7 Å². The Bertz CT molecular complexity index is 923. The number of carbonyl (C=O) groups excluding carboxylic acids is 1. The van der Waals surface area contributed by atoms with Crippen molar-refractivity contribution < 1.29 is 9.53 Å². The van der Waals surface area contributed by atoms with Gasteiger partial charge in [-0.3, -0.25) is 4.79 Å². The van der Waals surface area contributed by atoms with E-state index in [-0.39, 0.29) is 17.9 Å². The van der Waals surface area contributed by atoms with Crippen LogP contribution in [0.15, 0.2) is 65.3 Å². The van der Waals surface area contributed by atoms with Crippen LogP contribution >= 0.6 is 11.6 Å². The maximum Gasteiger partial charge on any atom is 0.275 e. The van der Waals surface area contributed by atoms with Gasteiger partial charge in [-0.2, -0.15) is 5.10 Å². The Balaban J connectivity index is 1.62. The van der Waals surface area contributed by atoms with Crippen LogP contribution in [-0.4, -0.2) is 30.3 Å². The molecule has 0 atom stereocenters. The fourth-order valence-electron chi connectivity index (χ4n) is 3.13. The van der Waals surface area contributed by atoms with Crippen LogP contribution in [-0.2, 0) is 16.6 Å². The fraction of sp³-hybridized carbons (Fsp3) is 0.333. The molecule has 0 spiro atoms. The van der Waals surface area contributed by atoms with Crippen LogP contribution in [0.3, 0.4) is 0 Å². The first-order valence-electron chi connectivity index (χ1n) is 9.78. The summed E-state index contributed by atoms with van der Waals surface area (Å²) < 4.78 is 5.77. The Morgan fingerprint density at radius 3 is 2.34 bits per heavy atom. The largest absolute Gasteiger partial charge is 0.487 e. The minimum atomic E-state index is -0.0946. The second-order valence-electron chi connectivity index (χ2n) is 8.22. The zero-order chi connectivity index (χ0) is 21.0. The molecule has 0 aromatic heterocycles. The van der Waals surface area contributed by atoms with E-state index < -0.39 is 0 Å². The quantitative estimate of drug-likeness (QED) is 0.598. The van der Waals surface area contributed by atoms with Crippen molar-refractivity contribution in [2.24, 2.45) is 5.10 Å². The van der Waals surface area contributed by atoms with E-state index in [1.807, 2.05) is 6.08 Å². The molecule has 0 saturated carbocycles. The van der Waals surface area contributed by atoms with E-state index in [0.29, 0.717) is 22.1 Å². The Labute approximate surface area is 177 Å². The van der Waals surface area contributed by atoms with E-state index in [2.05, 4.69) is 50.1 Å². The standard InChI is InChI=1S/C24H27ClN2O2/c1-24(2,3)18-10-8-17(9-11-18)6-5-7-21-22(26-27(4)23(21)28)16-29-20-14-12-19(25)13-15-20/h7-15H,5-6,16H2,1-4H3/b21-7+. The lowest BCUT2D eigenvalue weighted by Gasteiger charge is -2.19. The lowest BCUT2D eigenvalue weighted by Crippen LogP contribution is -2.18. The van der Waals surface area contributed by atoms with Gasteiger partial charge in [0.2, 0.25) is 0 Å². The van der Waals surface area contributed by atoms with E-state index in [9.17, 15) is 4.79 Å². The molecule has 0 bridgehead atoms. The molecule has 29 heavy (non-hydrogen) atoms. The van der Waals surface area contributed by atoms with Gasteiger partial charge in [-0.25, -0.2) is 5.01 Å². The van der Waals surface area contributed by atoms with Crippen molar-refractivity contribution in [2.45, 2.75) is 39.0 Å². The van der Waals surface area contributed by atoms with E-state index in [1.54, 1.807) is 31.3 Å². The number of allylic oxidation sites excluding steroid dienone is 1. The summed E-state index contributed by atoms with van der Waals surface area (Å²) in [5.41, 5.74) is 3.99. The van der Waals surface area contributed by atoms with E-state index in [0.717, 1.165) is 12.8 Å². The van der Waals surface area contributed by atoms with E-state index >= 15 is 0 Å². The first-order chi connectivity index (χ1) is 13.7. The van der Waals surface area contributed by atoms with Crippen molar-refractivity contribution in [3.63, 3.8) is 0 Å². The third-order valence-corrected chi connectivity index (χ3v) is 5.15. The molecular formula is C24H27ClN2O2. The number of aryl methyl sites for hydroxylation is 1. The third kappa shape index (κ3) is 5.48. The third-order valence-electron chi connectivity index (χ3n) is 4.90. The number of nitrogens with zero attached hydrogens (tertiary/aromatic N) is 2. The number of hydrazone groups is 1. The molecule has 1 aliphatic heterocycles. The van der Waals surface area contributed by atoms with Gasteiger partial charge in [0.15, 0.2) is 0 Å². The monoisotopic (exact) mass is 410 g/mol.